The van der Waals surface area contributed by atoms with Gasteiger partial charge in [0.05, 0.1) is 20.1 Å². The van der Waals surface area contributed by atoms with Gasteiger partial charge in [-0.05, 0) is 30.7 Å². The first-order valence-corrected chi connectivity index (χ1v) is 6.07. The third-order valence-corrected chi connectivity index (χ3v) is 3.24. The molecule has 0 aliphatic carbocycles. The van der Waals surface area contributed by atoms with E-state index >= 15 is 0 Å². The number of aromatic amines is 1. The minimum absolute atomic E-state index is 0.335. The summed E-state index contributed by atoms with van der Waals surface area (Å²) in [4.78, 5) is 15.0. The van der Waals surface area contributed by atoms with E-state index in [1.807, 2.05) is 18.2 Å². The summed E-state index contributed by atoms with van der Waals surface area (Å²) in [6, 6.07) is 5.33. The molecule has 5 heteroatoms. The minimum Gasteiger partial charge on any atom is -0.497 e. The first kappa shape index (κ1) is 13.4. The van der Waals surface area contributed by atoms with Crippen LogP contribution in [0.2, 0.25) is 0 Å². The summed E-state index contributed by atoms with van der Waals surface area (Å²) in [7, 11) is 2.98. The van der Waals surface area contributed by atoms with Crippen LogP contribution in [0.25, 0.3) is 10.9 Å². The van der Waals surface area contributed by atoms with Crippen molar-refractivity contribution in [2.75, 3.05) is 14.2 Å². The van der Waals surface area contributed by atoms with E-state index in [2.05, 4.69) is 4.98 Å². The van der Waals surface area contributed by atoms with Gasteiger partial charge in [-0.15, -0.1) is 0 Å². The smallest absolute Gasteiger partial charge is 0.314 e. The standard InChI is InChI=1S/C14H18N2O3/c1-8(15)13(14(17)19-3)11-7-16-12-5-4-9(18-2)6-10(11)12/h4-8,13,16H,15H2,1-3H3/t8-,13-/m0/s1. The summed E-state index contributed by atoms with van der Waals surface area (Å²) < 4.78 is 10.1. The average molecular weight is 262 g/mol. The van der Waals surface area contributed by atoms with Crippen molar-refractivity contribution in [1.29, 1.82) is 0 Å². The molecule has 0 spiro atoms. The fraction of sp³-hybridized carbons (Fsp3) is 0.357. The van der Waals surface area contributed by atoms with Crippen molar-refractivity contribution in [3.63, 3.8) is 0 Å². The van der Waals surface area contributed by atoms with E-state index in [9.17, 15) is 4.79 Å². The van der Waals surface area contributed by atoms with Crippen molar-refractivity contribution in [3.8, 4) is 5.75 Å². The molecule has 19 heavy (non-hydrogen) atoms. The third-order valence-electron chi connectivity index (χ3n) is 3.24. The van der Waals surface area contributed by atoms with Gasteiger partial charge in [-0.1, -0.05) is 0 Å². The molecule has 5 nitrogen and oxygen atoms in total. The number of hydrogen-bond donors (Lipinski definition) is 2. The molecule has 0 unspecified atom stereocenters. The summed E-state index contributed by atoms with van der Waals surface area (Å²) >= 11 is 0. The van der Waals surface area contributed by atoms with Crippen molar-refractivity contribution in [2.24, 2.45) is 5.73 Å². The molecule has 0 bridgehead atoms. The van der Waals surface area contributed by atoms with E-state index in [-0.39, 0.29) is 12.0 Å². The highest BCUT2D eigenvalue weighted by atomic mass is 16.5. The fourth-order valence-corrected chi connectivity index (χ4v) is 2.26. The number of fused-ring (bicyclic) bond motifs is 1. The SMILES string of the molecule is COC(=O)[C@H](c1c[nH]c2ccc(OC)cc12)[C@H](C)N. The Hall–Kier alpha value is -2.01. The molecule has 0 amide bonds. The Kier molecular flexibility index (Phi) is 3.76. The van der Waals surface area contributed by atoms with Crippen LogP contribution >= 0.6 is 0 Å². The van der Waals surface area contributed by atoms with E-state index < -0.39 is 5.92 Å². The molecular weight excluding hydrogens is 244 g/mol. The van der Waals surface area contributed by atoms with Crippen molar-refractivity contribution in [2.45, 2.75) is 18.9 Å². The molecule has 2 rings (SSSR count). The molecule has 0 saturated heterocycles. The van der Waals surface area contributed by atoms with Gasteiger partial charge < -0.3 is 20.2 Å². The van der Waals surface area contributed by atoms with Gasteiger partial charge >= 0.3 is 5.97 Å². The number of rotatable bonds is 4. The second-order valence-electron chi connectivity index (χ2n) is 4.52. The highest BCUT2D eigenvalue weighted by Gasteiger charge is 2.28. The number of ether oxygens (including phenoxy) is 2. The van der Waals surface area contributed by atoms with Crippen molar-refractivity contribution in [3.05, 3.63) is 30.0 Å². The second kappa shape index (κ2) is 5.32. The van der Waals surface area contributed by atoms with Gasteiger partial charge in [-0.3, -0.25) is 4.79 Å². The Morgan fingerprint density at radius 3 is 2.68 bits per heavy atom. The predicted molar refractivity (Wildman–Crippen MR) is 73.3 cm³/mol. The Labute approximate surface area is 111 Å². The summed E-state index contributed by atoms with van der Waals surface area (Å²) in [5, 5.41) is 0.923. The van der Waals surface area contributed by atoms with Gasteiger partial charge in [-0.25, -0.2) is 0 Å². The number of carbonyl (C=O) groups excluding carboxylic acids is 1. The molecule has 0 aliphatic rings. The third kappa shape index (κ3) is 2.42. The zero-order valence-corrected chi connectivity index (χ0v) is 11.3. The zero-order chi connectivity index (χ0) is 14.0. The Morgan fingerprint density at radius 1 is 1.37 bits per heavy atom. The Morgan fingerprint density at radius 2 is 2.11 bits per heavy atom. The molecule has 1 aromatic heterocycles. The topological polar surface area (TPSA) is 77.3 Å². The quantitative estimate of drug-likeness (QED) is 0.823. The monoisotopic (exact) mass is 262 g/mol. The van der Waals surface area contributed by atoms with E-state index in [4.69, 9.17) is 15.2 Å². The maximum atomic E-state index is 11.9. The lowest BCUT2D eigenvalue weighted by atomic mass is 9.92. The van der Waals surface area contributed by atoms with Crippen LogP contribution < -0.4 is 10.5 Å². The molecule has 0 fully saturated rings. The van der Waals surface area contributed by atoms with E-state index in [1.54, 1.807) is 20.2 Å². The van der Waals surface area contributed by atoms with Gasteiger partial charge in [0.2, 0.25) is 0 Å². The number of aromatic nitrogens is 1. The van der Waals surface area contributed by atoms with E-state index in [0.717, 1.165) is 22.2 Å². The zero-order valence-electron chi connectivity index (χ0n) is 11.3. The summed E-state index contributed by atoms with van der Waals surface area (Å²) in [6.07, 6.45) is 1.80. The number of hydrogen-bond acceptors (Lipinski definition) is 4. The summed E-state index contributed by atoms with van der Waals surface area (Å²) in [6.45, 7) is 1.79. The van der Waals surface area contributed by atoms with E-state index in [1.165, 1.54) is 7.11 Å². The lowest BCUT2D eigenvalue weighted by Crippen LogP contribution is -2.31. The van der Waals surface area contributed by atoms with Crippen molar-refractivity contribution >= 4 is 16.9 Å². The fourth-order valence-electron chi connectivity index (χ4n) is 2.26. The molecule has 1 heterocycles. The van der Waals surface area contributed by atoms with Crippen molar-refractivity contribution in [1.82, 2.24) is 4.98 Å². The first-order valence-electron chi connectivity index (χ1n) is 6.07. The number of H-pyrrole nitrogens is 1. The highest BCUT2D eigenvalue weighted by molar-refractivity contribution is 5.91. The van der Waals surface area contributed by atoms with Crippen LogP contribution in [0.1, 0.15) is 18.4 Å². The minimum atomic E-state index is -0.495. The van der Waals surface area contributed by atoms with Gasteiger partial charge in [-0.2, -0.15) is 0 Å². The molecule has 1 aromatic carbocycles. The number of methoxy groups -OCH3 is 2. The summed E-state index contributed by atoms with van der Waals surface area (Å²) in [5.74, 6) is -0.0915. The van der Waals surface area contributed by atoms with Gasteiger partial charge in [0.15, 0.2) is 0 Å². The van der Waals surface area contributed by atoms with Crippen LogP contribution in [-0.2, 0) is 9.53 Å². The lowest BCUT2D eigenvalue weighted by molar-refractivity contribution is -0.142. The maximum absolute atomic E-state index is 11.9. The average Bonchev–Trinajstić information content (AvgIpc) is 2.81. The molecular formula is C14H18N2O3. The van der Waals surface area contributed by atoms with Crippen LogP contribution in [0.5, 0.6) is 5.75 Å². The molecule has 3 N–H and O–H groups in total. The number of carbonyl (C=O) groups is 1. The van der Waals surface area contributed by atoms with Gasteiger partial charge in [0.1, 0.15) is 5.75 Å². The van der Waals surface area contributed by atoms with Crippen LogP contribution in [0.3, 0.4) is 0 Å². The van der Waals surface area contributed by atoms with Gasteiger partial charge in [0, 0.05) is 23.1 Å². The van der Waals surface area contributed by atoms with Crippen LogP contribution in [0.15, 0.2) is 24.4 Å². The lowest BCUT2D eigenvalue weighted by Gasteiger charge is -2.17. The van der Waals surface area contributed by atoms with Crippen LogP contribution in [-0.4, -0.2) is 31.2 Å². The molecule has 0 radical (unpaired) electrons. The van der Waals surface area contributed by atoms with Crippen LogP contribution in [0, 0.1) is 0 Å². The number of esters is 1. The second-order valence-corrected chi connectivity index (χ2v) is 4.52. The molecule has 2 aromatic rings. The van der Waals surface area contributed by atoms with Crippen molar-refractivity contribution < 1.29 is 14.3 Å². The normalized spacial score (nSPS) is 14.1. The largest absolute Gasteiger partial charge is 0.497 e. The number of nitrogens with one attached hydrogen (secondary N) is 1. The van der Waals surface area contributed by atoms with E-state index in [0.29, 0.717) is 0 Å². The molecule has 0 aliphatic heterocycles. The molecule has 0 saturated carbocycles. The number of nitrogens with two attached hydrogens (primary N) is 1. The maximum Gasteiger partial charge on any atom is 0.314 e. The predicted octanol–water partition coefficient (Wildman–Crippen LogP) is 1.78. The first-order chi connectivity index (χ1) is 9.08. The summed E-state index contributed by atoms with van der Waals surface area (Å²) in [5.41, 5.74) is 7.68. The highest BCUT2D eigenvalue weighted by Crippen LogP contribution is 2.30. The Bertz CT molecular complexity index is 589. The van der Waals surface area contributed by atoms with Gasteiger partial charge in [0.25, 0.3) is 0 Å². The van der Waals surface area contributed by atoms with Crippen LogP contribution in [0.4, 0.5) is 0 Å². The number of benzene rings is 1. The molecule has 2 atom stereocenters. The Balaban J connectivity index is 2.56. The molecule has 102 valence electrons.